The molecule has 3 heteroatoms. The van der Waals surface area contributed by atoms with Crippen molar-refractivity contribution >= 4 is 17.3 Å². The van der Waals surface area contributed by atoms with Crippen molar-refractivity contribution in [3.05, 3.63) is 29.0 Å². The molecular formula is C16H21ClFN. The first-order valence-electron chi connectivity index (χ1n) is 7.44. The van der Waals surface area contributed by atoms with Crippen molar-refractivity contribution in [2.45, 2.75) is 51.0 Å². The van der Waals surface area contributed by atoms with Gasteiger partial charge in [0, 0.05) is 11.1 Å². The third-order valence-electron chi connectivity index (χ3n) is 4.83. The van der Waals surface area contributed by atoms with Gasteiger partial charge in [0.05, 0.1) is 5.69 Å². The van der Waals surface area contributed by atoms with Crippen molar-refractivity contribution in [1.29, 1.82) is 0 Å². The molecule has 3 atom stereocenters. The summed E-state index contributed by atoms with van der Waals surface area (Å²) < 4.78 is 13.8. The molecule has 2 fully saturated rings. The molecule has 104 valence electrons. The van der Waals surface area contributed by atoms with Crippen LogP contribution < -0.4 is 5.32 Å². The summed E-state index contributed by atoms with van der Waals surface area (Å²) in [7, 11) is 0. The van der Waals surface area contributed by atoms with E-state index in [-0.39, 0.29) is 5.82 Å². The van der Waals surface area contributed by atoms with E-state index in [2.05, 4.69) is 5.32 Å². The zero-order valence-electron chi connectivity index (χ0n) is 11.2. The highest BCUT2D eigenvalue weighted by Crippen LogP contribution is 2.41. The van der Waals surface area contributed by atoms with Crippen molar-refractivity contribution < 1.29 is 4.39 Å². The van der Waals surface area contributed by atoms with Gasteiger partial charge >= 0.3 is 0 Å². The summed E-state index contributed by atoms with van der Waals surface area (Å²) in [5.41, 5.74) is 0.601. The molecule has 1 nitrogen and oxygen atoms in total. The fraction of sp³-hybridized carbons (Fsp3) is 0.625. The summed E-state index contributed by atoms with van der Waals surface area (Å²) in [5, 5.41) is 3.83. The molecule has 0 saturated heterocycles. The van der Waals surface area contributed by atoms with Crippen LogP contribution in [0.2, 0.25) is 5.02 Å². The summed E-state index contributed by atoms with van der Waals surface area (Å²) in [4.78, 5) is 0. The molecule has 0 aliphatic heterocycles. The van der Waals surface area contributed by atoms with Gasteiger partial charge in [-0.2, -0.15) is 0 Å². The number of fused-ring (bicyclic) bond motifs is 1. The summed E-state index contributed by atoms with van der Waals surface area (Å²) in [5.74, 6) is 1.55. The van der Waals surface area contributed by atoms with Crippen LogP contribution in [0.4, 0.5) is 10.1 Å². The van der Waals surface area contributed by atoms with Crippen LogP contribution in [0.1, 0.15) is 44.9 Å². The van der Waals surface area contributed by atoms with E-state index in [1.54, 1.807) is 12.1 Å². The van der Waals surface area contributed by atoms with Crippen molar-refractivity contribution in [2.75, 3.05) is 5.32 Å². The lowest BCUT2D eigenvalue weighted by Crippen LogP contribution is -2.34. The third-order valence-corrected chi connectivity index (χ3v) is 5.07. The SMILES string of the molecule is Fc1cc(Cl)ccc1NC1CCC2CCCCC2C1. The van der Waals surface area contributed by atoms with Crippen LogP contribution in [0.3, 0.4) is 0 Å². The Labute approximate surface area is 119 Å². The first kappa shape index (κ1) is 13.2. The number of hydrogen-bond donors (Lipinski definition) is 1. The fourth-order valence-electron chi connectivity index (χ4n) is 3.83. The maximum Gasteiger partial charge on any atom is 0.147 e. The van der Waals surface area contributed by atoms with Crippen LogP contribution in [0.5, 0.6) is 0 Å². The molecule has 1 N–H and O–H groups in total. The van der Waals surface area contributed by atoms with E-state index in [9.17, 15) is 4.39 Å². The second kappa shape index (κ2) is 5.70. The monoisotopic (exact) mass is 281 g/mol. The lowest BCUT2D eigenvalue weighted by atomic mass is 9.69. The van der Waals surface area contributed by atoms with E-state index >= 15 is 0 Å². The van der Waals surface area contributed by atoms with Gasteiger partial charge in [0.1, 0.15) is 5.82 Å². The van der Waals surface area contributed by atoms with Crippen LogP contribution in [0.15, 0.2) is 18.2 Å². The highest BCUT2D eigenvalue weighted by Gasteiger charge is 2.32. The Kier molecular flexibility index (Phi) is 3.97. The van der Waals surface area contributed by atoms with Gasteiger partial charge < -0.3 is 5.32 Å². The molecule has 2 aliphatic carbocycles. The number of benzene rings is 1. The molecule has 0 spiro atoms. The van der Waals surface area contributed by atoms with E-state index < -0.39 is 0 Å². The Morgan fingerprint density at radius 1 is 1.05 bits per heavy atom. The molecule has 0 heterocycles. The second-order valence-corrected chi connectivity index (χ2v) is 6.52. The molecule has 0 aromatic heterocycles. The zero-order chi connectivity index (χ0) is 13.2. The number of nitrogens with one attached hydrogen (secondary N) is 1. The molecule has 3 rings (SSSR count). The number of anilines is 1. The maximum absolute atomic E-state index is 13.8. The number of hydrogen-bond acceptors (Lipinski definition) is 1. The van der Waals surface area contributed by atoms with Gasteiger partial charge in [-0.25, -0.2) is 4.39 Å². The van der Waals surface area contributed by atoms with Gasteiger partial charge in [-0.05, 0) is 49.3 Å². The molecule has 19 heavy (non-hydrogen) atoms. The Balaban J connectivity index is 1.64. The molecule has 0 amide bonds. The van der Waals surface area contributed by atoms with Crippen LogP contribution >= 0.6 is 11.6 Å². The van der Waals surface area contributed by atoms with E-state index in [0.717, 1.165) is 11.8 Å². The zero-order valence-corrected chi connectivity index (χ0v) is 11.9. The van der Waals surface area contributed by atoms with Crippen molar-refractivity contribution in [2.24, 2.45) is 11.8 Å². The van der Waals surface area contributed by atoms with E-state index in [4.69, 9.17) is 11.6 Å². The molecule has 0 radical (unpaired) electrons. The first-order valence-corrected chi connectivity index (χ1v) is 7.82. The average molecular weight is 282 g/mol. The van der Waals surface area contributed by atoms with Gasteiger partial charge in [-0.1, -0.05) is 37.3 Å². The largest absolute Gasteiger partial charge is 0.380 e. The first-order chi connectivity index (χ1) is 9.22. The Morgan fingerprint density at radius 2 is 1.84 bits per heavy atom. The topological polar surface area (TPSA) is 12.0 Å². The molecule has 3 unspecified atom stereocenters. The van der Waals surface area contributed by atoms with Gasteiger partial charge in [0.2, 0.25) is 0 Å². The molecule has 1 aromatic rings. The summed E-state index contributed by atoms with van der Waals surface area (Å²) >= 11 is 5.78. The van der Waals surface area contributed by atoms with Gasteiger partial charge in [-0.3, -0.25) is 0 Å². The molecule has 1 aromatic carbocycles. The van der Waals surface area contributed by atoms with E-state index in [1.165, 1.54) is 51.0 Å². The maximum atomic E-state index is 13.8. The lowest BCUT2D eigenvalue weighted by molar-refractivity contribution is 0.162. The normalized spacial score (nSPS) is 30.7. The quantitative estimate of drug-likeness (QED) is 0.781. The van der Waals surface area contributed by atoms with E-state index in [1.807, 2.05) is 0 Å². The molecular weight excluding hydrogens is 261 g/mol. The van der Waals surface area contributed by atoms with Crippen LogP contribution in [0.25, 0.3) is 0 Å². The van der Waals surface area contributed by atoms with Crippen LogP contribution in [-0.4, -0.2) is 6.04 Å². The minimum Gasteiger partial charge on any atom is -0.380 e. The standard InChI is InChI=1S/C16H21ClFN/c17-13-6-8-16(15(18)10-13)19-14-7-5-11-3-1-2-4-12(11)9-14/h6,8,10-12,14,19H,1-5,7,9H2. The predicted octanol–water partition coefficient (Wildman–Crippen LogP) is 5.25. The second-order valence-electron chi connectivity index (χ2n) is 6.08. The molecule has 2 saturated carbocycles. The highest BCUT2D eigenvalue weighted by atomic mass is 35.5. The number of rotatable bonds is 2. The molecule has 0 bridgehead atoms. The average Bonchev–Trinajstić information content (AvgIpc) is 2.42. The van der Waals surface area contributed by atoms with E-state index in [0.29, 0.717) is 16.8 Å². The van der Waals surface area contributed by atoms with Crippen LogP contribution in [0, 0.1) is 17.7 Å². The summed E-state index contributed by atoms with van der Waals surface area (Å²) in [6.45, 7) is 0. The van der Waals surface area contributed by atoms with Crippen molar-refractivity contribution in [3.8, 4) is 0 Å². The Hall–Kier alpha value is -0.760. The summed E-state index contributed by atoms with van der Waals surface area (Å²) in [6.07, 6.45) is 9.24. The third kappa shape index (κ3) is 3.05. The number of halogens is 2. The predicted molar refractivity (Wildman–Crippen MR) is 78.1 cm³/mol. The Bertz CT molecular complexity index is 448. The fourth-order valence-corrected chi connectivity index (χ4v) is 3.99. The van der Waals surface area contributed by atoms with Gasteiger partial charge in [-0.15, -0.1) is 0 Å². The van der Waals surface area contributed by atoms with Gasteiger partial charge in [0.25, 0.3) is 0 Å². The van der Waals surface area contributed by atoms with Crippen molar-refractivity contribution in [3.63, 3.8) is 0 Å². The minimum atomic E-state index is -0.238. The highest BCUT2D eigenvalue weighted by molar-refractivity contribution is 6.30. The smallest absolute Gasteiger partial charge is 0.147 e. The Morgan fingerprint density at radius 3 is 2.63 bits per heavy atom. The van der Waals surface area contributed by atoms with Gasteiger partial charge in [0.15, 0.2) is 0 Å². The summed E-state index contributed by atoms with van der Waals surface area (Å²) in [6, 6.07) is 5.31. The molecule has 2 aliphatic rings. The minimum absolute atomic E-state index is 0.238. The van der Waals surface area contributed by atoms with Crippen molar-refractivity contribution in [1.82, 2.24) is 0 Å². The van der Waals surface area contributed by atoms with Crippen LogP contribution in [-0.2, 0) is 0 Å². The lowest BCUT2D eigenvalue weighted by Gasteiger charge is -2.39.